The first-order valence-electron chi connectivity index (χ1n) is 5.65. The normalized spacial score (nSPS) is 32.4. The number of nitro groups is 1. The highest BCUT2D eigenvalue weighted by Crippen LogP contribution is 2.55. The minimum Gasteiger partial charge on any atom is -0.342 e. The second kappa shape index (κ2) is 3.18. The van der Waals surface area contributed by atoms with Crippen LogP contribution in [0.3, 0.4) is 0 Å². The molecule has 0 aromatic heterocycles. The molecule has 19 heavy (non-hydrogen) atoms. The van der Waals surface area contributed by atoms with Gasteiger partial charge in [-0.25, -0.2) is 4.90 Å². The van der Waals surface area contributed by atoms with Crippen molar-refractivity contribution in [2.45, 2.75) is 25.0 Å². The van der Waals surface area contributed by atoms with Gasteiger partial charge in [-0.3, -0.25) is 19.7 Å². The third-order valence-corrected chi connectivity index (χ3v) is 3.80. The van der Waals surface area contributed by atoms with Crippen LogP contribution in [0.5, 0.6) is 0 Å². The first-order chi connectivity index (χ1) is 8.81. The fourth-order valence-corrected chi connectivity index (χ4v) is 2.38. The molecule has 0 spiro atoms. The van der Waals surface area contributed by atoms with E-state index in [-0.39, 0.29) is 11.4 Å². The predicted molar refractivity (Wildman–Crippen MR) is 63.5 cm³/mol. The Labute approximate surface area is 107 Å². The minimum atomic E-state index is -1.14. The molecule has 0 bridgehead atoms. The van der Waals surface area contributed by atoms with Crippen molar-refractivity contribution in [3.8, 4) is 0 Å². The molecule has 7 nitrogen and oxygen atoms in total. The molecule has 0 saturated carbocycles. The van der Waals surface area contributed by atoms with Crippen molar-refractivity contribution in [1.82, 2.24) is 0 Å². The summed E-state index contributed by atoms with van der Waals surface area (Å²) in [7, 11) is 0. The molecule has 2 heterocycles. The zero-order valence-corrected chi connectivity index (χ0v) is 10.2. The van der Waals surface area contributed by atoms with E-state index >= 15 is 0 Å². The van der Waals surface area contributed by atoms with Gasteiger partial charge in [0.1, 0.15) is 0 Å². The fraction of sp³-hybridized carbons (Fsp3) is 0.333. The molecule has 7 heteroatoms. The molecule has 2 amide bonds. The Balaban J connectivity index is 2.05. The van der Waals surface area contributed by atoms with E-state index in [1.54, 1.807) is 13.8 Å². The summed E-state index contributed by atoms with van der Waals surface area (Å²) in [5.74, 6) is -0.971. The van der Waals surface area contributed by atoms with Crippen molar-refractivity contribution in [3.05, 3.63) is 34.4 Å². The maximum absolute atomic E-state index is 12.2. The highest BCUT2D eigenvalue weighted by molar-refractivity contribution is 6.30. The van der Waals surface area contributed by atoms with Gasteiger partial charge in [0.15, 0.2) is 11.2 Å². The van der Waals surface area contributed by atoms with Gasteiger partial charge in [0.25, 0.3) is 17.5 Å². The third-order valence-electron chi connectivity index (χ3n) is 3.80. The van der Waals surface area contributed by atoms with Crippen molar-refractivity contribution in [2.75, 3.05) is 4.90 Å². The van der Waals surface area contributed by atoms with Crippen LogP contribution in [-0.4, -0.2) is 27.9 Å². The predicted octanol–water partition coefficient (Wildman–Crippen LogP) is 1.02. The van der Waals surface area contributed by atoms with Gasteiger partial charge in [0, 0.05) is 12.1 Å². The number of hydrogen-bond donors (Lipinski definition) is 0. The monoisotopic (exact) mass is 262 g/mol. The van der Waals surface area contributed by atoms with Crippen LogP contribution < -0.4 is 4.90 Å². The summed E-state index contributed by atoms with van der Waals surface area (Å²) in [6, 6.07) is 5.42. The minimum absolute atomic E-state index is 0.171. The summed E-state index contributed by atoms with van der Waals surface area (Å²) in [6.07, 6.45) is 0. The Morgan fingerprint density at radius 1 is 1.21 bits per heavy atom. The quantitative estimate of drug-likeness (QED) is 0.343. The van der Waals surface area contributed by atoms with Crippen molar-refractivity contribution in [1.29, 1.82) is 0 Å². The van der Waals surface area contributed by atoms with Crippen molar-refractivity contribution < 1.29 is 19.2 Å². The molecule has 1 aromatic carbocycles. The van der Waals surface area contributed by atoms with Crippen LogP contribution >= 0.6 is 0 Å². The van der Waals surface area contributed by atoms with Crippen LogP contribution in [0.4, 0.5) is 11.4 Å². The van der Waals surface area contributed by atoms with Crippen LogP contribution in [0, 0.1) is 10.1 Å². The van der Waals surface area contributed by atoms with Crippen molar-refractivity contribution in [3.63, 3.8) is 0 Å². The molecule has 1 aromatic rings. The van der Waals surface area contributed by atoms with E-state index in [0.717, 1.165) is 4.90 Å². The molecule has 2 unspecified atom stereocenters. The van der Waals surface area contributed by atoms with Crippen LogP contribution in [0.25, 0.3) is 0 Å². The number of non-ortho nitro benzene ring substituents is 1. The molecule has 2 aliphatic heterocycles. The Morgan fingerprint density at radius 2 is 1.79 bits per heavy atom. The first kappa shape index (κ1) is 11.8. The standard InChI is InChI=1S/C12H10N2O5/c1-11-9(15)13(10(16)12(11,2)19-11)7-4-3-5-8(6-7)14(17)18/h3-6H,1-2H3. The van der Waals surface area contributed by atoms with E-state index in [4.69, 9.17) is 4.74 Å². The largest absolute Gasteiger partial charge is 0.342 e. The zero-order chi connectivity index (χ0) is 14.0. The number of nitro benzene ring substituents is 1. The zero-order valence-electron chi connectivity index (χ0n) is 10.2. The number of benzene rings is 1. The topological polar surface area (TPSA) is 93.1 Å². The van der Waals surface area contributed by atoms with E-state index in [9.17, 15) is 19.7 Å². The lowest BCUT2D eigenvalue weighted by molar-refractivity contribution is -0.384. The molecule has 2 saturated heterocycles. The van der Waals surface area contributed by atoms with Gasteiger partial charge < -0.3 is 4.74 Å². The Morgan fingerprint density at radius 3 is 2.32 bits per heavy atom. The summed E-state index contributed by atoms with van der Waals surface area (Å²) in [4.78, 5) is 35.5. The number of rotatable bonds is 2. The number of nitrogens with zero attached hydrogens (tertiary/aromatic N) is 2. The third kappa shape index (κ3) is 1.25. The van der Waals surface area contributed by atoms with E-state index < -0.39 is 27.9 Å². The Bertz CT molecular complexity index is 617. The van der Waals surface area contributed by atoms with E-state index in [2.05, 4.69) is 0 Å². The lowest BCUT2D eigenvalue weighted by Crippen LogP contribution is -2.38. The Kier molecular flexibility index (Phi) is 1.97. The van der Waals surface area contributed by atoms with Gasteiger partial charge in [-0.15, -0.1) is 0 Å². The average molecular weight is 262 g/mol. The molecule has 0 N–H and O–H groups in total. The molecule has 0 radical (unpaired) electrons. The second-order valence-corrected chi connectivity index (χ2v) is 4.89. The highest BCUT2D eigenvalue weighted by Gasteiger charge is 2.81. The van der Waals surface area contributed by atoms with Gasteiger partial charge in [0.2, 0.25) is 0 Å². The molecular formula is C12H10N2O5. The Hall–Kier alpha value is -2.28. The maximum atomic E-state index is 12.2. The second-order valence-electron chi connectivity index (χ2n) is 4.89. The summed E-state index contributed by atoms with van der Waals surface area (Å²) in [5, 5.41) is 10.7. The lowest BCUT2D eigenvalue weighted by Gasteiger charge is -2.17. The smallest absolute Gasteiger partial charge is 0.271 e. The number of imide groups is 1. The fourth-order valence-electron chi connectivity index (χ4n) is 2.38. The number of carbonyl (C=O) groups excluding carboxylic acids is 2. The van der Waals surface area contributed by atoms with Gasteiger partial charge in [-0.2, -0.15) is 0 Å². The van der Waals surface area contributed by atoms with E-state index in [1.807, 2.05) is 0 Å². The van der Waals surface area contributed by atoms with Crippen LogP contribution in [0.15, 0.2) is 24.3 Å². The van der Waals surface area contributed by atoms with Crippen LogP contribution in [0.1, 0.15) is 13.8 Å². The maximum Gasteiger partial charge on any atom is 0.271 e. The lowest BCUT2D eigenvalue weighted by atomic mass is 10.00. The summed E-state index contributed by atoms with van der Waals surface area (Å²) in [5.41, 5.74) is -2.26. The van der Waals surface area contributed by atoms with Gasteiger partial charge in [-0.05, 0) is 19.9 Å². The molecule has 3 rings (SSSR count). The average Bonchev–Trinajstić information content (AvgIpc) is 2.91. The number of anilines is 1. The molecule has 98 valence electrons. The van der Waals surface area contributed by atoms with Gasteiger partial charge in [-0.1, -0.05) is 6.07 Å². The number of amides is 2. The van der Waals surface area contributed by atoms with Crippen molar-refractivity contribution >= 4 is 23.2 Å². The summed E-state index contributed by atoms with van der Waals surface area (Å²) >= 11 is 0. The number of ether oxygens (including phenoxy) is 1. The number of epoxide rings is 1. The first-order valence-corrected chi connectivity index (χ1v) is 5.65. The summed E-state index contributed by atoms with van der Waals surface area (Å²) in [6.45, 7) is 3.09. The number of hydrogen-bond acceptors (Lipinski definition) is 5. The number of fused-ring (bicyclic) bond motifs is 1. The van der Waals surface area contributed by atoms with Gasteiger partial charge >= 0.3 is 0 Å². The molecule has 2 fully saturated rings. The highest BCUT2D eigenvalue weighted by atomic mass is 16.6. The van der Waals surface area contributed by atoms with Gasteiger partial charge in [0.05, 0.1) is 10.6 Å². The summed E-state index contributed by atoms with van der Waals surface area (Å²) < 4.78 is 5.21. The van der Waals surface area contributed by atoms with E-state index in [1.165, 1.54) is 24.3 Å². The SMILES string of the molecule is CC12OC1(C)C(=O)N(c1cccc([N+](=O)[O-])c1)C2=O. The number of carbonyl (C=O) groups is 2. The van der Waals surface area contributed by atoms with Crippen LogP contribution in [0.2, 0.25) is 0 Å². The van der Waals surface area contributed by atoms with E-state index in [0.29, 0.717) is 0 Å². The van der Waals surface area contributed by atoms with Crippen molar-refractivity contribution in [2.24, 2.45) is 0 Å². The molecular weight excluding hydrogens is 252 g/mol. The van der Waals surface area contributed by atoms with Crippen LogP contribution in [-0.2, 0) is 14.3 Å². The molecule has 0 aliphatic carbocycles. The number of morpholine rings is 1. The molecule has 2 atom stereocenters. The molecule has 2 aliphatic rings.